The second kappa shape index (κ2) is 42.2. The molecule has 14 N–H and O–H groups in total. The lowest BCUT2D eigenvalue weighted by Crippen LogP contribution is -2.26. The fraction of sp³-hybridized carbons (Fsp3) is 0.159. The number of aromatic nitrogens is 5. The van der Waals surface area contributed by atoms with E-state index in [4.69, 9.17) is 55.1 Å². The molecule has 4 heterocycles. The van der Waals surface area contributed by atoms with E-state index < -0.39 is 31.2 Å². The summed E-state index contributed by atoms with van der Waals surface area (Å²) in [5.41, 5.74) is 50.4. The third kappa shape index (κ3) is 28.1. The Kier molecular flexibility index (Phi) is 32.5. The quantitative estimate of drug-likeness (QED) is 0.0287. The van der Waals surface area contributed by atoms with Gasteiger partial charge in [0.15, 0.2) is 0 Å². The molecule has 0 saturated heterocycles. The highest BCUT2D eigenvalue weighted by molar-refractivity contribution is 7.90. The van der Waals surface area contributed by atoms with E-state index in [1.807, 2.05) is 92.7 Å². The van der Waals surface area contributed by atoms with Crippen LogP contribution in [0.4, 0.5) is 15.9 Å². The molecule has 8 aromatic carbocycles. The van der Waals surface area contributed by atoms with Crippen LogP contribution in [0, 0.1) is 43.1 Å². The summed E-state index contributed by atoms with van der Waals surface area (Å²) in [6.45, 7) is 8.20. The van der Waals surface area contributed by atoms with Gasteiger partial charge >= 0.3 is 21.0 Å². The Labute approximate surface area is 650 Å². The van der Waals surface area contributed by atoms with Crippen molar-refractivity contribution in [1.82, 2.24) is 29.6 Å². The van der Waals surface area contributed by atoms with E-state index in [0.717, 1.165) is 111 Å². The Morgan fingerprint density at radius 1 is 0.450 bits per heavy atom. The molecule has 12 aromatic rings. The van der Waals surface area contributed by atoms with E-state index >= 15 is 0 Å². The van der Waals surface area contributed by atoms with Crippen LogP contribution in [0.3, 0.4) is 0 Å². The predicted octanol–water partition coefficient (Wildman–Crippen LogP) is 13.9. The normalized spacial score (nSPS) is 10.5. The van der Waals surface area contributed by atoms with Crippen molar-refractivity contribution in [1.29, 1.82) is 9.56 Å². The monoisotopic (exact) mass is 1570 g/mol. The number of carbonyl (C=O) groups is 4. The summed E-state index contributed by atoms with van der Waals surface area (Å²) in [7, 11) is -7.50. The van der Waals surface area contributed by atoms with Crippen molar-refractivity contribution in [3.05, 3.63) is 281 Å². The third-order valence-electron chi connectivity index (χ3n) is 16.7. The molecule has 0 unspecified atom stereocenters. The molecule has 4 aromatic heterocycles. The summed E-state index contributed by atoms with van der Waals surface area (Å²) in [6.07, 6.45) is 13.6. The lowest BCUT2D eigenvalue weighted by molar-refractivity contribution is -0.118. The highest BCUT2D eigenvalue weighted by Crippen LogP contribution is 2.37. The second-order valence-corrected chi connectivity index (χ2v) is 28.7. The van der Waals surface area contributed by atoms with Crippen molar-refractivity contribution in [2.45, 2.75) is 79.1 Å². The minimum Gasteiger partial charge on any atom is -0.384 e. The van der Waals surface area contributed by atoms with Crippen LogP contribution in [0.15, 0.2) is 231 Å². The molecule has 0 fully saturated rings. The van der Waals surface area contributed by atoms with Crippen molar-refractivity contribution in [3.63, 3.8) is 0 Å². The van der Waals surface area contributed by atoms with E-state index in [-0.39, 0.29) is 42.3 Å². The van der Waals surface area contributed by atoms with Gasteiger partial charge in [-0.25, -0.2) is 29.0 Å². The van der Waals surface area contributed by atoms with Crippen LogP contribution in [0.5, 0.6) is 0 Å². The number of amides is 4. The van der Waals surface area contributed by atoms with E-state index in [1.165, 1.54) is 47.1 Å². The maximum atomic E-state index is 13.2. The number of hydrogen-bond donors (Lipinski definition) is 9. The Morgan fingerprint density at radius 3 is 1.24 bits per heavy atom. The summed E-state index contributed by atoms with van der Waals surface area (Å²) in [5, 5.41) is 1.06. The summed E-state index contributed by atoms with van der Waals surface area (Å²) >= 11 is 1.70. The first kappa shape index (κ1) is 85.6. The van der Waals surface area contributed by atoms with Gasteiger partial charge in [0.05, 0.1) is 21.3 Å². The number of anilines is 2. The van der Waals surface area contributed by atoms with Crippen LogP contribution < -0.4 is 38.1 Å². The van der Waals surface area contributed by atoms with E-state index in [2.05, 4.69) is 121 Å². The number of pyridine rings is 2. The fourth-order valence-electron chi connectivity index (χ4n) is 11.7. The predicted molar refractivity (Wildman–Crippen MR) is 434 cm³/mol. The average Bonchev–Trinajstić information content (AvgIpc) is 1.66. The van der Waals surface area contributed by atoms with Gasteiger partial charge in [0.25, 0.3) is 10.2 Å². The molecule has 0 aliphatic heterocycles. The van der Waals surface area contributed by atoms with Gasteiger partial charge in [-0.2, -0.15) is 34.8 Å². The van der Waals surface area contributed by atoms with E-state index in [1.54, 1.807) is 72.7 Å². The summed E-state index contributed by atoms with van der Waals surface area (Å²) in [5.74, 6) is -1.10. The maximum absolute atomic E-state index is 13.2. The highest BCUT2D eigenvalue weighted by atomic mass is 32.2. The van der Waals surface area contributed by atoms with Gasteiger partial charge in [-0.1, -0.05) is 157 Å². The molecular weight excluding hydrogens is 1490 g/mol. The number of primary amides is 4. The molecule has 24 nitrogen and oxygen atoms in total. The number of nitrogens with one attached hydrogen (secondary N) is 4. The molecule has 0 spiro atoms. The first-order valence-electron chi connectivity index (χ1n) is 34.2. The Bertz CT molecular complexity index is 5570. The molecule has 29 heteroatoms. The van der Waals surface area contributed by atoms with Crippen molar-refractivity contribution < 1.29 is 48.8 Å². The van der Waals surface area contributed by atoms with Gasteiger partial charge in [0, 0.05) is 69.3 Å². The Morgan fingerprint density at radius 2 is 0.838 bits per heavy atom. The summed E-state index contributed by atoms with van der Waals surface area (Å²) in [6, 6.07) is 62.4. The van der Waals surface area contributed by atoms with Gasteiger partial charge in [-0.3, -0.25) is 28.9 Å². The molecule has 0 radical (unpaired) electrons. The molecular formula is C82H83FN14O10S4. The largest absolute Gasteiger partial charge is 0.384 e. The smallest absolute Gasteiger partial charge is 0.308 e. The standard InChI is InChI=1S/C22H20FNO.C21H22N4O3S.C21H22N2OS.C18H17N5O.2HNO2S/c1-15-3-2-4-18(13-15)21-11-7-17(14-19(21)8-12-22(24)25)16-5-9-20(23)10-6-16;1-23-29(27,28)25-19-6-2-4-16(13-19)20-9-7-15(18-5-3-11-24-14-18)12-17(20)8-10-21(22)26;1-13-5-4-6-16(11-13)19-9-7-18(12-17(19)8-10-20(22)24)21-14(2)23-15(3)25-21;19-17-8-14(5-6-23-17)16-3-1-12(15-9-21-11-22-10-15)7-13(16)2-4-18(20)24;2*1-4(2)3/h2-7,9-11,13-14H,8,12H2,1H3,(H2,24,25);2-7,9,11-14,23,25H,8,10H2,1H3,(H2,22,26);4-7,9,11-12H,8,10H2,1-3H3,(H2,22,24);1,3,5-11H,2,4H2,(H2,19,23)(H2,20,24);2*1H. The van der Waals surface area contributed by atoms with Crippen LogP contribution >= 0.6 is 11.3 Å². The van der Waals surface area contributed by atoms with Crippen LogP contribution in [0.1, 0.15) is 69.8 Å². The number of nitrogen functional groups attached to an aromatic ring is 1. The Balaban J connectivity index is 0.000000199. The number of halogens is 1. The number of nitrogens with two attached hydrogens (primary N) is 5. The molecule has 0 atom stereocenters. The van der Waals surface area contributed by atoms with Crippen molar-refractivity contribution >= 4 is 77.7 Å². The minimum absolute atomic E-state index is 0.218. The van der Waals surface area contributed by atoms with Gasteiger partial charge < -0.3 is 28.7 Å². The number of nitrogens with zero attached hydrogens (tertiary/aromatic N) is 5. The Hall–Kier alpha value is -12.7. The van der Waals surface area contributed by atoms with Crippen LogP contribution in [0.2, 0.25) is 0 Å². The van der Waals surface area contributed by atoms with Gasteiger partial charge in [-0.05, 0) is 202 Å². The minimum atomic E-state index is -3.61. The van der Waals surface area contributed by atoms with Crippen molar-refractivity contribution in [2.24, 2.45) is 22.9 Å². The zero-order valence-electron chi connectivity index (χ0n) is 61.3. The van der Waals surface area contributed by atoms with Crippen LogP contribution in [-0.2, 0) is 76.1 Å². The number of benzene rings is 8. The highest BCUT2D eigenvalue weighted by Gasteiger charge is 2.17. The summed E-state index contributed by atoms with van der Waals surface area (Å²) in [4.78, 5) is 67.1. The molecule has 12 rings (SSSR count). The number of hydrogen-bond acceptors (Lipinski definition) is 19. The number of rotatable bonds is 23. The third-order valence-corrected chi connectivity index (χ3v) is 18.8. The maximum Gasteiger partial charge on any atom is 0.308 e. The van der Waals surface area contributed by atoms with Gasteiger partial charge in [-0.15, -0.1) is 11.3 Å². The molecule has 572 valence electrons. The van der Waals surface area contributed by atoms with E-state index in [0.29, 0.717) is 50.0 Å². The zero-order valence-corrected chi connectivity index (χ0v) is 64.6. The first-order valence-corrected chi connectivity index (χ1v) is 38.7. The lowest BCUT2D eigenvalue weighted by Gasteiger charge is -2.14. The SMILES string of the molecule is CNS(=O)(=O)Nc1cccc(-c2ccc(-c3cccnc3)cc2CCC(N)=O)c1.Cc1cccc(-c2ccc(-c3ccc(F)cc3)cc2CCC(N)=O)c1.Cc1cccc(-c2ccc(-c3sc(C)nc3C)cc2CCC(N)=O)c1.N=S(=O)=O.N=S(=O)=O.NC(=O)CCc1cc(-c2cncnc2)ccc1-c1ccnc(N)c1. The van der Waals surface area contributed by atoms with Crippen molar-refractivity contribution in [2.75, 3.05) is 17.5 Å². The van der Waals surface area contributed by atoms with Crippen LogP contribution in [0.25, 0.3) is 88.3 Å². The number of carbonyl (C=O) groups excluding carboxylic acids is 4. The zero-order chi connectivity index (χ0) is 80.7. The second-order valence-electron chi connectivity index (χ2n) is 24.9. The van der Waals surface area contributed by atoms with Crippen LogP contribution in [-0.4, -0.2) is 80.8 Å². The topological polar surface area (TPSA) is 437 Å². The van der Waals surface area contributed by atoms with Gasteiger partial charge in [0.1, 0.15) is 18.0 Å². The molecule has 0 aliphatic carbocycles. The number of thiazole rings is 1. The number of aryl methyl sites for hydroxylation is 8. The average molecular weight is 1570 g/mol. The fourth-order valence-corrected chi connectivity index (χ4v) is 13.1. The molecule has 0 saturated carbocycles. The van der Waals surface area contributed by atoms with Gasteiger partial charge in [0.2, 0.25) is 23.6 Å². The molecule has 4 amide bonds. The first-order chi connectivity index (χ1) is 52.9. The van der Waals surface area contributed by atoms with E-state index in [9.17, 15) is 32.0 Å². The van der Waals surface area contributed by atoms with Crippen molar-refractivity contribution in [3.8, 4) is 88.3 Å². The molecule has 0 bridgehead atoms. The lowest BCUT2D eigenvalue weighted by atomic mass is 9.92. The molecule has 111 heavy (non-hydrogen) atoms. The summed E-state index contributed by atoms with van der Waals surface area (Å²) < 4.78 is 87.1. The molecule has 0 aliphatic rings.